The summed E-state index contributed by atoms with van der Waals surface area (Å²) in [6.07, 6.45) is -1.63. The molecule has 2 N–H and O–H groups in total. The number of aliphatic hydroxyl groups is 2. The lowest BCUT2D eigenvalue weighted by Crippen LogP contribution is -2.79. The summed E-state index contributed by atoms with van der Waals surface area (Å²) < 4.78 is 16.3. The molecular weight excluding hydrogens is 292 g/mol. The average molecular weight is 310 g/mol. The number of carbonyl (C=O) groups excluding carboxylic acids is 2. The minimum absolute atomic E-state index is 0.0358. The van der Waals surface area contributed by atoms with E-state index in [1.165, 1.54) is 0 Å². The molecule has 5 rings (SSSR count). The minimum atomic E-state index is -2.03. The van der Waals surface area contributed by atoms with Crippen molar-refractivity contribution in [1.82, 2.24) is 0 Å². The van der Waals surface area contributed by atoms with Gasteiger partial charge in [-0.2, -0.15) is 0 Å². The van der Waals surface area contributed by atoms with E-state index in [-0.39, 0.29) is 18.9 Å². The molecule has 2 aliphatic carbocycles. The van der Waals surface area contributed by atoms with Crippen molar-refractivity contribution in [2.24, 2.45) is 16.7 Å². The average Bonchev–Trinajstić information content (AvgIpc) is 2.96. The van der Waals surface area contributed by atoms with E-state index >= 15 is 0 Å². The molecule has 7 heteroatoms. The molecule has 3 heterocycles. The third kappa shape index (κ3) is 0.871. The van der Waals surface area contributed by atoms with Crippen LogP contribution in [-0.4, -0.2) is 58.3 Å². The number of fused-ring (bicyclic) bond motifs is 3. The number of esters is 2. The van der Waals surface area contributed by atoms with E-state index in [0.717, 1.165) is 0 Å². The van der Waals surface area contributed by atoms with Crippen molar-refractivity contribution in [3.63, 3.8) is 0 Å². The molecule has 3 saturated heterocycles. The van der Waals surface area contributed by atoms with Crippen LogP contribution in [0.15, 0.2) is 0 Å². The van der Waals surface area contributed by atoms with Gasteiger partial charge in [-0.05, 0) is 25.7 Å². The van der Waals surface area contributed by atoms with Crippen LogP contribution in [0.3, 0.4) is 0 Å². The summed E-state index contributed by atoms with van der Waals surface area (Å²) in [6.45, 7) is 3.53. The molecule has 8 atom stereocenters. The molecule has 0 aromatic rings. The Kier molecular flexibility index (Phi) is 1.93. The molecule has 3 bridgehead atoms. The molecule has 0 amide bonds. The SMILES string of the molecule is C[C@@H]1C[C@@H]2O[C@H]3C(=O)O[C@@H]4C[C@]13[C@@]2(O)[C@@]1(C)COC(=O)[C@]41O. The van der Waals surface area contributed by atoms with Crippen molar-refractivity contribution in [1.29, 1.82) is 0 Å². The molecule has 2 saturated carbocycles. The largest absolute Gasteiger partial charge is 0.463 e. The quantitative estimate of drug-likeness (QED) is 0.561. The van der Waals surface area contributed by atoms with Gasteiger partial charge >= 0.3 is 11.9 Å². The van der Waals surface area contributed by atoms with Gasteiger partial charge in [0, 0.05) is 5.41 Å². The Morgan fingerprint density at radius 3 is 2.68 bits per heavy atom. The number of ether oxygens (including phenoxy) is 3. The Morgan fingerprint density at radius 1 is 1.23 bits per heavy atom. The molecule has 5 aliphatic rings. The van der Waals surface area contributed by atoms with Crippen molar-refractivity contribution in [2.75, 3.05) is 6.61 Å². The van der Waals surface area contributed by atoms with Gasteiger partial charge in [0.25, 0.3) is 0 Å². The zero-order valence-corrected chi connectivity index (χ0v) is 12.4. The molecule has 22 heavy (non-hydrogen) atoms. The second kappa shape index (κ2) is 3.20. The van der Waals surface area contributed by atoms with E-state index in [4.69, 9.17) is 14.2 Å². The third-order valence-corrected chi connectivity index (χ3v) is 7.34. The van der Waals surface area contributed by atoms with Gasteiger partial charge in [0.1, 0.15) is 18.3 Å². The number of carbonyl (C=O) groups is 2. The number of hydrogen-bond donors (Lipinski definition) is 2. The molecule has 0 unspecified atom stereocenters. The molecule has 5 fully saturated rings. The molecule has 0 radical (unpaired) electrons. The van der Waals surface area contributed by atoms with Crippen molar-refractivity contribution < 1.29 is 34.0 Å². The normalized spacial score (nSPS) is 64.4. The first-order valence-electron chi connectivity index (χ1n) is 7.71. The van der Waals surface area contributed by atoms with E-state index in [1.54, 1.807) is 6.92 Å². The highest BCUT2D eigenvalue weighted by Crippen LogP contribution is 2.75. The maximum Gasteiger partial charge on any atom is 0.342 e. The topological polar surface area (TPSA) is 102 Å². The van der Waals surface area contributed by atoms with Crippen LogP contribution in [0.2, 0.25) is 0 Å². The summed E-state index contributed by atoms with van der Waals surface area (Å²) in [5.41, 5.74) is -5.60. The Labute approximate surface area is 126 Å². The van der Waals surface area contributed by atoms with Crippen LogP contribution >= 0.6 is 0 Å². The molecule has 0 aromatic carbocycles. The maximum atomic E-state index is 12.4. The van der Waals surface area contributed by atoms with Crippen LogP contribution in [0, 0.1) is 16.7 Å². The van der Waals surface area contributed by atoms with E-state index in [1.807, 2.05) is 6.92 Å². The van der Waals surface area contributed by atoms with E-state index in [9.17, 15) is 19.8 Å². The van der Waals surface area contributed by atoms with Gasteiger partial charge in [-0.25, -0.2) is 9.59 Å². The van der Waals surface area contributed by atoms with Gasteiger partial charge < -0.3 is 24.4 Å². The molecule has 120 valence electrons. The smallest absolute Gasteiger partial charge is 0.342 e. The molecule has 1 spiro atoms. The summed E-state index contributed by atoms with van der Waals surface area (Å²) in [7, 11) is 0. The predicted molar refractivity (Wildman–Crippen MR) is 68.3 cm³/mol. The van der Waals surface area contributed by atoms with E-state index in [2.05, 4.69) is 0 Å². The maximum absolute atomic E-state index is 12.4. The fraction of sp³-hybridized carbons (Fsp3) is 0.867. The summed E-state index contributed by atoms with van der Waals surface area (Å²) >= 11 is 0. The first kappa shape index (κ1) is 13.3. The van der Waals surface area contributed by atoms with Gasteiger partial charge in [-0.3, -0.25) is 0 Å². The van der Waals surface area contributed by atoms with Crippen molar-refractivity contribution in [3.8, 4) is 0 Å². The fourth-order valence-electron chi connectivity index (χ4n) is 6.20. The summed E-state index contributed by atoms with van der Waals surface area (Å²) in [4.78, 5) is 24.6. The third-order valence-electron chi connectivity index (χ3n) is 7.34. The second-order valence-electron chi connectivity index (χ2n) is 7.75. The van der Waals surface area contributed by atoms with E-state index in [0.29, 0.717) is 6.42 Å². The number of cyclic esters (lactones) is 1. The Balaban J connectivity index is 1.85. The van der Waals surface area contributed by atoms with Crippen LogP contribution in [0.4, 0.5) is 0 Å². The molecular formula is C15H18O7. The van der Waals surface area contributed by atoms with Crippen LogP contribution in [0.5, 0.6) is 0 Å². The predicted octanol–water partition coefficient (Wildman–Crippen LogP) is -0.866. The Hall–Kier alpha value is -1.18. The minimum Gasteiger partial charge on any atom is -0.463 e. The first-order chi connectivity index (χ1) is 10.2. The molecule has 0 aromatic heterocycles. The van der Waals surface area contributed by atoms with Gasteiger partial charge in [-0.15, -0.1) is 0 Å². The zero-order chi connectivity index (χ0) is 15.7. The standard InChI is InChI=1S/C15H18O7/c1-6-3-7-15(19)12(2)5-20-11(17)14(12,18)8-4-13(6,15)9(21-7)10(16)22-8/h6-9,18-19H,3-5H2,1-2H3/t6-,7+,8-,9+,12+,13+,14-,15+/m1/s1. The van der Waals surface area contributed by atoms with Gasteiger partial charge in [-0.1, -0.05) is 6.92 Å². The lowest BCUT2D eigenvalue weighted by Gasteiger charge is -2.61. The van der Waals surface area contributed by atoms with Crippen molar-refractivity contribution in [2.45, 2.75) is 56.2 Å². The van der Waals surface area contributed by atoms with Gasteiger partial charge in [0.15, 0.2) is 6.10 Å². The number of hydrogen-bond acceptors (Lipinski definition) is 7. The second-order valence-corrected chi connectivity index (χ2v) is 7.75. The number of rotatable bonds is 0. The molecule has 3 aliphatic heterocycles. The van der Waals surface area contributed by atoms with Gasteiger partial charge in [0.2, 0.25) is 5.60 Å². The van der Waals surface area contributed by atoms with Crippen LogP contribution in [-0.2, 0) is 23.8 Å². The van der Waals surface area contributed by atoms with Crippen LogP contribution in [0.25, 0.3) is 0 Å². The molecule has 7 nitrogen and oxygen atoms in total. The van der Waals surface area contributed by atoms with Crippen molar-refractivity contribution in [3.05, 3.63) is 0 Å². The lowest BCUT2D eigenvalue weighted by atomic mass is 9.45. The summed E-state index contributed by atoms with van der Waals surface area (Å²) in [6, 6.07) is 0. The zero-order valence-electron chi connectivity index (χ0n) is 12.4. The van der Waals surface area contributed by atoms with E-state index < -0.39 is 52.3 Å². The fourth-order valence-corrected chi connectivity index (χ4v) is 6.20. The lowest BCUT2D eigenvalue weighted by molar-refractivity contribution is -0.292. The highest BCUT2D eigenvalue weighted by Gasteiger charge is 2.91. The van der Waals surface area contributed by atoms with Crippen LogP contribution < -0.4 is 0 Å². The summed E-state index contributed by atoms with van der Waals surface area (Å²) in [5, 5.41) is 22.8. The Bertz CT molecular complexity index is 633. The first-order valence-corrected chi connectivity index (χ1v) is 7.71. The highest BCUT2D eigenvalue weighted by molar-refractivity contribution is 5.88. The van der Waals surface area contributed by atoms with Crippen LogP contribution in [0.1, 0.15) is 26.7 Å². The van der Waals surface area contributed by atoms with Crippen molar-refractivity contribution >= 4 is 11.9 Å². The Morgan fingerprint density at radius 2 is 1.95 bits per heavy atom. The monoisotopic (exact) mass is 310 g/mol. The summed E-state index contributed by atoms with van der Waals surface area (Å²) in [5.74, 6) is -1.39. The highest BCUT2D eigenvalue weighted by atomic mass is 16.6. The van der Waals surface area contributed by atoms with Gasteiger partial charge in [0.05, 0.1) is 11.5 Å².